The lowest BCUT2D eigenvalue weighted by atomic mass is 9.97. The van der Waals surface area contributed by atoms with Crippen LogP contribution in [0.5, 0.6) is 0 Å². The molecule has 0 bridgehead atoms. The molecule has 3 nitrogen and oxygen atoms in total. The van der Waals surface area contributed by atoms with E-state index in [1.807, 2.05) is 35.2 Å². The number of amides is 1. The van der Waals surface area contributed by atoms with Crippen molar-refractivity contribution in [3.63, 3.8) is 0 Å². The Bertz CT molecular complexity index is 451. The topological polar surface area (TPSA) is 46.3 Å². The van der Waals surface area contributed by atoms with Gasteiger partial charge < -0.3 is 10.6 Å². The molecular formula is C17H25ClN2O. The van der Waals surface area contributed by atoms with Gasteiger partial charge in [-0.3, -0.25) is 4.79 Å². The predicted octanol–water partition coefficient (Wildman–Crippen LogP) is 3.55. The fourth-order valence-corrected chi connectivity index (χ4v) is 3.42. The Hall–Kier alpha value is -1.06. The molecule has 1 amide bonds. The second-order valence-electron chi connectivity index (χ2n) is 6.04. The number of carbonyl (C=O) groups is 1. The van der Waals surface area contributed by atoms with Crippen LogP contribution in [0.25, 0.3) is 0 Å². The van der Waals surface area contributed by atoms with Crippen LogP contribution >= 0.6 is 11.6 Å². The summed E-state index contributed by atoms with van der Waals surface area (Å²) in [5, 5.41) is 0. The van der Waals surface area contributed by atoms with Crippen molar-refractivity contribution in [3.05, 3.63) is 30.3 Å². The van der Waals surface area contributed by atoms with E-state index in [0.29, 0.717) is 18.2 Å². The van der Waals surface area contributed by atoms with Crippen LogP contribution in [-0.2, 0) is 4.79 Å². The standard InChI is InChI=1S/C17H25ClN2O/c1-13-6-5-9-16(15(19)12-13)20(17(21)10-11-18)14-7-3-2-4-8-14/h2-4,7-8,13,15-16H,5-6,9-12,19H2,1H3. The van der Waals surface area contributed by atoms with Crippen LogP contribution in [0.4, 0.5) is 5.69 Å². The molecule has 1 aliphatic carbocycles. The minimum Gasteiger partial charge on any atom is -0.326 e. The second kappa shape index (κ2) is 7.81. The first kappa shape index (κ1) is 16.3. The highest BCUT2D eigenvalue weighted by atomic mass is 35.5. The predicted molar refractivity (Wildman–Crippen MR) is 88.7 cm³/mol. The molecule has 2 N–H and O–H groups in total. The van der Waals surface area contributed by atoms with E-state index in [4.69, 9.17) is 17.3 Å². The molecule has 0 spiro atoms. The maximum Gasteiger partial charge on any atom is 0.228 e. The summed E-state index contributed by atoms with van der Waals surface area (Å²) in [6, 6.07) is 9.95. The molecule has 1 aliphatic rings. The highest BCUT2D eigenvalue weighted by Gasteiger charge is 2.32. The van der Waals surface area contributed by atoms with Crippen molar-refractivity contribution in [1.29, 1.82) is 0 Å². The lowest BCUT2D eigenvalue weighted by Crippen LogP contribution is -2.50. The number of hydrogen-bond acceptors (Lipinski definition) is 2. The highest BCUT2D eigenvalue weighted by molar-refractivity contribution is 6.19. The van der Waals surface area contributed by atoms with Gasteiger partial charge in [0.2, 0.25) is 5.91 Å². The Kier molecular flexibility index (Phi) is 6.07. The number of nitrogens with zero attached hydrogens (tertiary/aromatic N) is 1. The third kappa shape index (κ3) is 4.21. The molecule has 21 heavy (non-hydrogen) atoms. The van der Waals surface area contributed by atoms with Crippen molar-refractivity contribution in [2.24, 2.45) is 11.7 Å². The summed E-state index contributed by atoms with van der Waals surface area (Å²) in [5.41, 5.74) is 7.35. The molecule has 1 aromatic rings. The molecule has 0 saturated heterocycles. The third-order valence-electron chi connectivity index (χ3n) is 4.31. The van der Waals surface area contributed by atoms with Gasteiger partial charge in [-0.05, 0) is 30.9 Å². The van der Waals surface area contributed by atoms with E-state index < -0.39 is 0 Å². The number of hydrogen-bond donors (Lipinski definition) is 1. The summed E-state index contributed by atoms with van der Waals surface area (Å²) in [6.45, 7) is 2.25. The number of benzene rings is 1. The van der Waals surface area contributed by atoms with Crippen LogP contribution in [0.1, 0.15) is 39.0 Å². The van der Waals surface area contributed by atoms with Crippen molar-refractivity contribution in [2.45, 2.75) is 51.1 Å². The molecule has 4 heteroatoms. The summed E-state index contributed by atoms with van der Waals surface area (Å²) < 4.78 is 0. The minimum absolute atomic E-state index is 0.0296. The van der Waals surface area contributed by atoms with Gasteiger partial charge in [0, 0.05) is 24.0 Å². The van der Waals surface area contributed by atoms with Gasteiger partial charge in [0.25, 0.3) is 0 Å². The van der Waals surface area contributed by atoms with Gasteiger partial charge >= 0.3 is 0 Å². The van der Waals surface area contributed by atoms with Crippen LogP contribution in [0.15, 0.2) is 30.3 Å². The van der Waals surface area contributed by atoms with Gasteiger partial charge in [-0.1, -0.05) is 38.0 Å². The Morgan fingerprint density at radius 2 is 2.05 bits per heavy atom. The molecule has 0 heterocycles. The average molecular weight is 309 g/mol. The molecule has 3 atom stereocenters. The van der Waals surface area contributed by atoms with Crippen molar-refractivity contribution in [1.82, 2.24) is 0 Å². The number of halogens is 1. The lowest BCUT2D eigenvalue weighted by Gasteiger charge is -2.35. The molecule has 2 rings (SSSR count). The summed E-state index contributed by atoms with van der Waals surface area (Å²) in [5.74, 6) is 1.05. The van der Waals surface area contributed by atoms with E-state index in [-0.39, 0.29) is 18.0 Å². The Morgan fingerprint density at radius 1 is 1.33 bits per heavy atom. The van der Waals surface area contributed by atoms with Crippen LogP contribution in [0.2, 0.25) is 0 Å². The second-order valence-corrected chi connectivity index (χ2v) is 6.42. The number of carbonyl (C=O) groups excluding carboxylic acids is 1. The Labute approximate surface area is 132 Å². The third-order valence-corrected chi connectivity index (χ3v) is 4.50. The first-order valence-electron chi connectivity index (χ1n) is 7.82. The first-order chi connectivity index (χ1) is 10.1. The van der Waals surface area contributed by atoms with Gasteiger partial charge in [0.1, 0.15) is 0 Å². The fraction of sp³-hybridized carbons (Fsp3) is 0.588. The van der Waals surface area contributed by atoms with Crippen LogP contribution in [0, 0.1) is 5.92 Å². The van der Waals surface area contributed by atoms with Gasteiger partial charge in [0.15, 0.2) is 0 Å². The lowest BCUT2D eigenvalue weighted by molar-refractivity contribution is -0.118. The average Bonchev–Trinajstić information content (AvgIpc) is 2.62. The zero-order chi connectivity index (χ0) is 15.2. The van der Waals surface area contributed by atoms with Crippen molar-refractivity contribution < 1.29 is 4.79 Å². The summed E-state index contributed by atoms with van der Waals surface area (Å²) in [7, 11) is 0. The molecule has 116 valence electrons. The van der Waals surface area contributed by atoms with Gasteiger partial charge in [-0.25, -0.2) is 0 Å². The van der Waals surface area contributed by atoms with Gasteiger partial charge in [-0.2, -0.15) is 0 Å². The zero-order valence-electron chi connectivity index (χ0n) is 12.7. The Balaban J connectivity index is 2.28. The zero-order valence-corrected chi connectivity index (χ0v) is 13.4. The van der Waals surface area contributed by atoms with Crippen LogP contribution in [-0.4, -0.2) is 23.9 Å². The largest absolute Gasteiger partial charge is 0.326 e. The molecule has 0 radical (unpaired) electrons. The fourth-order valence-electron chi connectivity index (χ4n) is 3.26. The molecule has 1 aromatic carbocycles. The SMILES string of the molecule is CC1CCCC(N(C(=O)CCCl)c2ccccc2)C(N)C1. The number of alkyl halides is 1. The van der Waals surface area contributed by atoms with Crippen LogP contribution < -0.4 is 10.6 Å². The maximum absolute atomic E-state index is 12.6. The van der Waals surface area contributed by atoms with Crippen molar-refractivity contribution >= 4 is 23.2 Å². The van der Waals surface area contributed by atoms with Gasteiger partial charge in [0.05, 0.1) is 6.04 Å². The number of para-hydroxylation sites is 1. The molecule has 0 aliphatic heterocycles. The number of nitrogens with two attached hydrogens (primary N) is 1. The Morgan fingerprint density at radius 3 is 2.71 bits per heavy atom. The number of rotatable bonds is 4. The number of anilines is 1. The van der Waals surface area contributed by atoms with Crippen molar-refractivity contribution in [3.8, 4) is 0 Å². The van der Waals surface area contributed by atoms with Gasteiger partial charge in [-0.15, -0.1) is 11.6 Å². The van der Waals surface area contributed by atoms with E-state index in [0.717, 1.165) is 24.9 Å². The smallest absolute Gasteiger partial charge is 0.228 e. The normalized spacial score (nSPS) is 26.1. The van der Waals surface area contributed by atoms with Crippen molar-refractivity contribution in [2.75, 3.05) is 10.8 Å². The quantitative estimate of drug-likeness (QED) is 0.683. The van der Waals surface area contributed by atoms with E-state index in [1.54, 1.807) is 0 Å². The minimum atomic E-state index is 0.0296. The van der Waals surface area contributed by atoms with E-state index in [1.165, 1.54) is 6.42 Å². The molecule has 0 aromatic heterocycles. The summed E-state index contributed by atoms with van der Waals surface area (Å²) in [6.07, 6.45) is 4.61. The van der Waals surface area contributed by atoms with Crippen LogP contribution in [0.3, 0.4) is 0 Å². The van der Waals surface area contributed by atoms with E-state index in [2.05, 4.69) is 6.92 Å². The molecule has 1 fully saturated rings. The molecular weight excluding hydrogens is 284 g/mol. The maximum atomic E-state index is 12.6. The summed E-state index contributed by atoms with van der Waals surface area (Å²) >= 11 is 5.78. The highest BCUT2D eigenvalue weighted by Crippen LogP contribution is 2.29. The molecule has 1 saturated carbocycles. The van der Waals surface area contributed by atoms with E-state index >= 15 is 0 Å². The monoisotopic (exact) mass is 308 g/mol. The summed E-state index contributed by atoms with van der Waals surface area (Å²) in [4.78, 5) is 14.5. The van der Waals surface area contributed by atoms with E-state index in [9.17, 15) is 4.79 Å². The molecule has 3 unspecified atom stereocenters. The first-order valence-corrected chi connectivity index (χ1v) is 8.35.